The van der Waals surface area contributed by atoms with Crippen LogP contribution in [-0.2, 0) is 19.6 Å². The number of rotatable bonds is 4. The topological polar surface area (TPSA) is 68.8 Å². The van der Waals surface area contributed by atoms with Crippen LogP contribution in [0.25, 0.3) is 0 Å². The van der Waals surface area contributed by atoms with E-state index in [9.17, 15) is 13.2 Å². The van der Waals surface area contributed by atoms with Gasteiger partial charge in [0.2, 0.25) is 0 Å². The second kappa shape index (κ2) is 6.12. The third-order valence-corrected chi connectivity index (χ3v) is 3.58. The number of benzene rings is 1. The van der Waals surface area contributed by atoms with E-state index in [-0.39, 0.29) is 12.0 Å². The molecule has 1 atom stereocenters. The first-order valence-corrected chi connectivity index (χ1v) is 6.78. The first-order valence-electron chi connectivity index (χ1n) is 5.98. The van der Waals surface area contributed by atoms with Gasteiger partial charge in [0.1, 0.15) is 12.2 Å². The van der Waals surface area contributed by atoms with E-state index < -0.39 is 17.8 Å². The minimum atomic E-state index is -4.46. The fraction of sp³-hybridized carbons (Fsp3) is 0.333. The minimum Gasteiger partial charge on any atom is -0.271 e. The molecule has 3 N–H and O–H groups in total. The Morgan fingerprint density at radius 3 is 2.67 bits per heavy atom. The first kappa shape index (κ1) is 15.9. The average Bonchev–Trinajstić information content (AvgIpc) is 2.81. The molecular weight excluding hydrogens is 351 g/mol. The standard InChI is InChI=1S/C12H13BrF3N5/c1-21-11(18-6-19-21)5-10(20-17)8-3-2-7(13)4-9(8)12(14,15)16/h2-4,6,10,20H,5,17H2,1H3. The van der Waals surface area contributed by atoms with Crippen molar-refractivity contribution >= 4 is 15.9 Å². The third-order valence-electron chi connectivity index (χ3n) is 3.09. The van der Waals surface area contributed by atoms with Crippen molar-refractivity contribution in [2.45, 2.75) is 18.6 Å². The molecule has 0 aliphatic heterocycles. The maximum absolute atomic E-state index is 13.2. The fourth-order valence-corrected chi connectivity index (χ4v) is 2.39. The van der Waals surface area contributed by atoms with E-state index in [0.29, 0.717) is 10.3 Å². The van der Waals surface area contributed by atoms with Gasteiger partial charge in [-0.05, 0) is 17.7 Å². The SMILES string of the molecule is Cn1ncnc1CC(NN)c1ccc(Br)cc1C(F)(F)F. The highest BCUT2D eigenvalue weighted by Gasteiger charge is 2.35. The number of nitrogens with two attached hydrogens (primary N) is 1. The smallest absolute Gasteiger partial charge is 0.271 e. The van der Waals surface area contributed by atoms with Gasteiger partial charge in [0.25, 0.3) is 0 Å². The summed E-state index contributed by atoms with van der Waals surface area (Å²) >= 11 is 3.05. The molecule has 0 spiro atoms. The van der Waals surface area contributed by atoms with Crippen molar-refractivity contribution in [3.63, 3.8) is 0 Å². The molecule has 1 aromatic carbocycles. The molecule has 1 heterocycles. The molecule has 0 amide bonds. The van der Waals surface area contributed by atoms with Crippen LogP contribution in [-0.4, -0.2) is 14.8 Å². The van der Waals surface area contributed by atoms with E-state index in [1.54, 1.807) is 13.1 Å². The largest absolute Gasteiger partial charge is 0.416 e. The number of hydrogen-bond donors (Lipinski definition) is 2. The van der Waals surface area contributed by atoms with Gasteiger partial charge < -0.3 is 0 Å². The van der Waals surface area contributed by atoms with Crippen molar-refractivity contribution in [1.82, 2.24) is 20.2 Å². The summed E-state index contributed by atoms with van der Waals surface area (Å²) in [6.07, 6.45) is -2.93. The Balaban J connectivity index is 2.40. The third kappa shape index (κ3) is 3.60. The fourth-order valence-electron chi connectivity index (χ4n) is 2.02. The van der Waals surface area contributed by atoms with Gasteiger partial charge in [-0.25, -0.2) is 4.98 Å². The molecule has 0 aliphatic carbocycles. The number of aromatic nitrogens is 3. The summed E-state index contributed by atoms with van der Waals surface area (Å²) in [5, 5.41) is 3.89. The number of hydrazine groups is 1. The predicted octanol–water partition coefficient (Wildman–Crippen LogP) is 2.34. The maximum atomic E-state index is 13.2. The minimum absolute atomic E-state index is 0.0659. The maximum Gasteiger partial charge on any atom is 0.416 e. The van der Waals surface area contributed by atoms with Crippen molar-refractivity contribution in [1.29, 1.82) is 0 Å². The van der Waals surface area contributed by atoms with Crippen LogP contribution in [0.3, 0.4) is 0 Å². The number of alkyl halides is 3. The van der Waals surface area contributed by atoms with Gasteiger partial charge in [-0.1, -0.05) is 22.0 Å². The van der Waals surface area contributed by atoms with E-state index in [2.05, 4.69) is 31.4 Å². The van der Waals surface area contributed by atoms with Gasteiger partial charge in [-0.3, -0.25) is 16.0 Å². The molecule has 0 saturated carbocycles. The van der Waals surface area contributed by atoms with Gasteiger partial charge in [0, 0.05) is 17.9 Å². The van der Waals surface area contributed by atoms with Crippen molar-refractivity contribution in [2.24, 2.45) is 12.9 Å². The molecule has 21 heavy (non-hydrogen) atoms. The summed E-state index contributed by atoms with van der Waals surface area (Å²) in [6.45, 7) is 0. The molecule has 2 aromatic rings. The van der Waals surface area contributed by atoms with E-state index in [0.717, 1.165) is 6.07 Å². The second-order valence-electron chi connectivity index (χ2n) is 4.45. The highest BCUT2D eigenvalue weighted by Crippen LogP contribution is 2.36. The van der Waals surface area contributed by atoms with Crippen LogP contribution >= 0.6 is 15.9 Å². The van der Waals surface area contributed by atoms with Crippen LogP contribution in [0, 0.1) is 0 Å². The zero-order valence-corrected chi connectivity index (χ0v) is 12.6. The van der Waals surface area contributed by atoms with E-state index in [4.69, 9.17) is 5.84 Å². The molecule has 0 radical (unpaired) electrons. The van der Waals surface area contributed by atoms with Gasteiger partial charge in [0.15, 0.2) is 0 Å². The van der Waals surface area contributed by atoms with Gasteiger partial charge in [-0.2, -0.15) is 18.3 Å². The Labute approximate surface area is 127 Å². The van der Waals surface area contributed by atoms with E-state index in [1.165, 1.54) is 17.1 Å². The highest BCUT2D eigenvalue weighted by atomic mass is 79.9. The molecular formula is C12H13BrF3N5. The summed E-state index contributed by atoms with van der Waals surface area (Å²) in [5.74, 6) is 5.97. The number of nitrogens with one attached hydrogen (secondary N) is 1. The number of halogens is 4. The normalized spacial score (nSPS) is 13.4. The molecule has 5 nitrogen and oxygen atoms in total. The monoisotopic (exact) mass is 363 g/mol. The number of nitrogens with zero attached hydrogens (tertiary/aromatic N) is 3. The lowest BCUT2D eigenvalue weighted by molar-refractivity contribution is -0.138. The molecule has 0 aliphatic rings. The number of hydrogen-bond acceptors (Lipinski definition) is 4. The number of aryl methyl sites for hydroxylation is 1. The molecule has 2 rings (SSSR count). The zero-order valence-electron chi connectivity index (χ0n) is 11.0. The summed E-state index contributed by atoms with van der Waals surface area (Å²) in [5.41, 5.74) is 1.75. The van der Waals surface area contributed by atoms with Crippen molar-refractivity contribution in [2.75, 3.05) is 0 Å². The van der Waals surface area contributed by atoms with Crippen LogP contribution in [0.15, 0.2) is 29.0 Å². The lowest BCUT2D eigenvalue weighted by Gasteiger charge is -2.21. The van der Waals surface area contributed by atoms with Crippen LogP contribution in [0.2, 0.25) is 0 Å². The van der Waals surface area contributed by atoms with Crippen LogP contribution < -0.4 is 11.3 Å². The van der Waals surface area contributed by atoms with Crippen LogP contribution in [0.5, 0.6) is 0 Å². The summed E-state index contributed by atoms with van der Waals surface area (Å²) < 4.78 is 41.3. The lowest BCUT2D eigenvalue weighted by Crippen LogP contribution is -2.32. The molecule has 1 unspecified atom stereocenters. The predicted molar refractivity (Wildman–Crippen MR) is 73.9 cm³/mol. The first-order chi connectivity index (χ1) is 9.82. The molecule has 0 bridgehead atoms. The molecule has 0 fully saturated rings. The molecule has 9 heteroatoms. The zero-order chi connectivity index (χ0) is 15.6. The van der Waals surface area contributed by atoms with Crippen LogP contribution in [0.1, 0.15) is 23.0 Å². The summed E-state index contributed by atoms with van der Waals surface area (Å²) in [7, 11) is 1.67. The Morgan fingerprint density at radius 2 is 2.14 bits per heavy atom. The Hall–Kier alpha value is -1.45. The van der Waals surface area contributed by atoms with Crippen LogP contribution in [0.4, 0.5) is 13.2 Å². The van der Waals surface area contributed by atoms with Crippen molar-refractivity contribution in [3.05, 3.63) is 46.0 Å². The highest BCUT2D eigenvalue weighted by molar-refractivity contribution is 9.10. The molecule has 114 valence electrons. The second-order valence-corrected chi connectivity index (χ2v) is 5.37. The van der Waals surface area contributed by atoms with Gasteiger partial charge in [-0.15, -0.1) is 0 Å². The lowest BCUT2D eigenvalue weighted by atomic mass is 9.97. The quantitative estimate of drug-likeness (QED) is 0.646. The Morgan fingerprint density at radius 1 is 1.43 bits per heavy atom. The molecule has 1 aromatic heterocycles. The van der Waals surface area contributed by atoms with Crippen molar-refractivity contribution in [3.8, 4) is 0 Å². The Kier molecular flexibility index (Phi) is 4.64. The summed E-state index contributed by atoms with van der Waals surface area (Å²) in [4.78, 5) is 4.00. The van der Waals surface area contributed by atoms with Gasteiger partial charge >= 0.3 is 6.18 Å². The van der Waals surface area contributed by atoms with E-state index >= 15 is 0 Å². The van der Waals surface area contributed by atoms with Gasteiger partial charge in [0.05, 0.1) is 11.6 Å². The molecule has 0 saturated heterocycles. The van der Waals surface area contributed by atoms with E-state index in [1.807, 2.05) is 0 Å². The Bertz CT molecular complexity index is 626. The van der Waals surface area contributed by atoms with Crippen molar-refractivity contribution < 1.29 is 13.2 Å². The summed E-state index contributed by atoms with van der Waals surface area (Å²) in [6, 6.07) is 3.26. The average molecular weight is 364 g/mol.